The molecule has 1 heterocycles. The monoisotopic (exact) mass is 275 g/mol. The van der Waals surface area contributed by atoms with Gasteiger partial charge in [-0.2, -0.15) is 0 Å². The molecular weight excluding hydrogens is 258 g/mol. The molecule has 0 saturated heterocycles. The van der Waals surface area contributed by atoms with Crippen LogP contribution >= 0.6 is 0 Å². The first-order valence-electron chi connectivity index (χ1n) is 6.96. The molecule has 1 unspecified atom stereocenters. The van der Waals surface area contributed by atoms with Crippen molar-refractivity contribution in [3.63, 3.8) is 0 Å². The zero-order chi connectivity index (χ0) is 14.3. The predicted octanol–water partition coefficient (Wildman–Crippen LogP) is 3.79. The molecule has 0 bridgehead atoms. The molecular formula is C18H17N3. The fourth-order valence-corrected chi connectivity index (χ4v) is 2.20. The van der Waals surface area contributed by atoms with E-state index < -0.39 is 0 Å². The number of para-hydroxylation sites is 1. The molecule has 0 fully saturated rings. The second kappa shape index (κ2) is 6.68. The van der Waals surface area contributed by atoms with Crippen molar-refractivity contribution in [3.05, 3.63) is 96.3 Å². The lowest BCUT2D eigenvalue weighted by atomic mass is 10.0. The van der Waals surface area contributed by atoms with E-state index in [-0.39, 0.29) is 6.04 Å². The summed E-state index contributed by atoms with van der Waals surface area (Å²) in [5.41, 5.74) is 9.78. The third kappa shape index (κ3) is 3.46. The lowest BCUT2D eigenvalue weighted by molar-refractivity contribution is 0.662. The number of anilines is 1. The fourth-order valence-electron chi connectivity index (χ4n) is 2.20. The molecule has 1 atom stereocenters. The summed E-state index contributed by atoms with van der Waals surface area (Å²) in [5, 5.41) is 0. The number of hydrogen-bond donors (Lipinski definition) is 2. The average Bonchev–Trinajstić information content (AvgIpc) is 2.58. The Labute approximate surface area is 124 Å². The van der Waals surface area contributed by atoms with Crippen LogP contribution in [0.2, 0.25) is 0 Å². The molecule has 0 aliphatic carbocycles. The first-order valence-corrected chi connectivity index (χ1v) is 6.96. The summed E-state index contributed by atoms with van der Waals surface area (Å²) in [5.74, 6) is 0. The largest absolute Gasteiger partial charge is 0.321 e. The standard InChI is InChI=1S/C18H17N3/c1-3-9-15(10-4-1)18(17-13-7-8-14-19-17)21-20-16-11-5-2-6-12-16/h1-14,18,20-21H. The zero-order valence-electron chi connectivity index (χ0n) is 11.6. The van der Waals surface area contributed by atoms with Crippen LogP contribution < -0.4 is 10.9 Å². The third-order valence-corrected chi connectivity index (χ3v) is 3.25. The number of benzene rings is 2. The molecule has 21 heavy (non-hydrogen) atoms. The van der Waals surface area contributed by atoms with Gasteiger partial charge in [-0.3, -0.25) is 4.98 Å². The first-order chi connectivity index (χ1) is 10.4. The van der Waals surface area contributed by atoms with Crippen molar-refractivity contribution >= 4 is 5.69 Å². The van der Waals surface area contributed by atoms with E-state index in [9.17, 15) is 0 Å². The summed E-state index contributed by atoms with van der Waals surface area (Å²) in [6.07, 6.45) is 1.81. The van der Waals surface area contributed by atoms with Gasteiger partial charge in [0.25, 0.3) is 0 Å². The molecule has 0 saturated carbocycles. The zero-order valence-corrected chi connectivity index (χ0v) is 11.6. The molecule has 104 valence electrons. The second-order valence-electron chi connectivity index (χ2n) is 4.73. The van der Waals surface area contributed by atoms with E-state index >= 15 is 0 Å². The van der Waals surface area contributed by atoms with E-state index in [0.29, 0.717) is 0 Å². The van der Waals surface area contributed by atoms with Crippen molar-refractivity contribution in [2.45, 2.75) is 6.04 Å². The van der Waals surface area contributed by atoms with Crippen LogP contribution in [0.25, 0.3) is 0 Å². The van der Waals surface area contributed by atoms with Crippen molar-refractivity contribution < 1.29 is 0 Å². The molecule has 3 rings (SSSR count). The first kappa shape index (κ1) is 13.3. The summed E-state index contributed by atoms with van der Waals surface area (Å²) in [4.78, 5) is 4.47. The van der Waals surface area contributed by atoms with Gasteiger partial charge in [0.15, 0.2) is 0 Å². The van der Waals surface area contributed by atoms with Gasteiger partial charge in [0.2, 0.25) is 0 Å². The smallest absolute Gasteiger partial charge is 0.0931 e. The van der Waals surface area contributed by atoms with Crippen molar-refractivity contribution in [1.82, 2.24) is 10.4 Å². The van der Waals surface area contributed by atoms with Gasteiger partial charge in [0.1, 0.15) is 0 Å². The van der Waals surface area contributed by atoms with Crippen LogP contribution in [0.3, 0.4) is 0 Å². The van der Waals surface area contributed by atoms with Gasteiger partial charge in [0.05, 0.1) is 11.7 Å². The molecule has 0 spiro atoms. The Morgan fingerprint density at radius 3 is 2.05 bits per heavy atom. The molecule has 1 aromatic heterocycles. The predicted molar refractivity (Wildman–Crippen MR) is 85.7 cm³/mol. The van der Waals surface area contributed by atoms with Gasteiger partial charge in [-0.25, -0.2) is 5.43 Å². The van der Waals surface area contributed by atoms with Crippen molar-refractivity contribution in [2.75, 3.05) is 5.43 Å². The molecule has 2 aromatic carbocycles. The highest BCUT2D eigenvalue weighted by Gasteiger charge is 2.14. The quantitative estimate of drug-likeness (QED) is 0.696. The number of hydrazine groups is 1. The SMILES string of the molecule is c1ccc(NNC(c2ccccc2)c2ccccn2)cc1. The maximum absolute atomic E-state index is 4.47. The van der Waals surface area contributed by atoms with E-state index in [1.807, 2.05) is 72.9 Å². The average molecular weight is 275 g/mol. The van der Waals surface area contributed by atoms with E-state index in [1.165, 1.54) is 5.56 Å². The minimum atomic E-state index is -0.00685. The second-order valence-corrected chi connectivity index (χ2v) is 4.73. The van der Waals surface area contributed by atoms with Gasteiger partial charge >= 0.3 is 0 Å². The summed E-state index contributed by atoms with van der Waals surface area (Å²) < 4.78 is 0. The van der Waals surface area contributed by atoms with Crippen molar-refractivity contribution in [2.24, 2.45) is 0 Å². The number of nitrogens with zero attached hydrogens (tertiary/aromatic N) is 1. The van der Waals surface area contributed by atoms with Crippen LogP contribution in [0.15, 0.2) is 85.1 Å². The van der Waals surface area contributed by atoms with Crippen LogP contribution in [0.1, 0.15) is 17.3 Å². The summed E-state index contributed by atoms with van der Waals surface area (Å²) >= 11 is 0. The highest BCUT2D eigenvalue weighted by atomic mass is 15.4. The number of aromatic nitrogens is 1. The molecule has 0 aliphatic heterocycles. The van der Waals surface area contributed by atoms with Gasteiger partial charge in [-0.15, -0.1) is 0 Å². The Morgan fingerprint density at radius 1 is 0.714 bits per heavy atom. The minimum absolute atomic E-state index is 0.00685. The van der Waals surface area contributed by atoms with Crippen LogP contribution in [-0.2, 0) is 0 Å². The van der Waals surface area contributed by atoms with E-state index in [4.69, 9.17) is 0 Å². The van der Waals surface area contributed by atoms with Gasteiger partial charge in [-0.1, -0.05) is 54.6 Å². The number of nitrogens with one attached hydrogen (secondary N) is 2. The maximum Gasteiger partial charge on any atom is 0.0931 e. The third-order valence-electron chi connectivity index (χ3n) is 3.25. The highest BCUT2D eigenvalue weighted by Crippen LogP contribution is 2.20. The van der Waals surface area contributed by atoms with Crippen LogP contribution in [0.4, 0.5) is 5.69 Å². The van der Waals surface area contributed by atoms with Crippen LogP contribution in [0.5, 0.6) is 0 Å². The van der Waals surface area contributed by atoms with Crippen LogP contribution in [0, 0.1) is 0 Å². The van der Waals surface area contributed by atoms with Crippen molar-refractivity contribution in [1.29, 1.82) is 0 Å². The maximum atomic E-state index is 4.47. The molecule has 0 radical (unpaired) electrons. The van der Waals surface area contributed by atoms with E-state index in [1.54, 1.807) is 0 Å². The Balaban J connectivity index is 1.83. The Hall–Kier alpha value is -2.65. The molecule has 0 aliphatic rings. The van der Waals surface area contributed by atoms with E-state index in [0.717, 1.165) is 11.4 Å². The van der Waals surface area contributed by atoms with Gasteiger partial charge < -0.3 is 5.43 Å². The number of pyridine rings is 1. The fraction of sp³-hybridized carbons (Fsp3) is 0.0556. The Morgan fingerprint density at radius 2 is 1.38 bits per heavy atom. The summed E-state index contributed by atoms with van der Waals surface area (Å²) in [6, 6.07) is 26.3. The van der Waals surface area contributed by atoms with E-state index in [2.05, 4.69) is 28.0 Å². The Kier molecular flexibility index (Phi) is 4.24. The van der Waals surface area contributed by atoms with Crippen LogP contribution in [-0.4, -0.2) is 4.98 Å². The molecule has 0 amide bonds. The summed E-state index contributed by atoms with van der Waals surface area (Å²) in [6.45, 7) is 0. The number of hydrogen-bond acceptors (Lipinski definition) is 3. The number of rotatable bonds is 5. The molecule has 3 heteroatoms. The lowest BCUT2D eigenvalue weighted by Crippen LogP contribution is -2.28. The highest BCUT2D eigenvalue weighted by molar-refractivity contribution is 5.42. The Bertz CT molecular complexity index is 614. The van der Waals surface area contributed by atoms with Gasteiger partial charge in [-0.05, 0) is 29.8 Å². The van der Waals surface area contributed by atoms with Crippen molar-refractivity contribution in [3.8, 4) is 0 Å². The molecule has 3 aromatic rings. The normalized spacial score (nSPS) is 11.8. The van der Waals surface area contributed by atoms with Gasteiger partial charge in [0, 0.05) is 11.9 Å². The molecule has 3 nitrogen and oxygen atoms in total. The topological polar surface area (TPSA) is 37.0 Å². The molecule has 2 N–H and O–H groups in total. The summed E-state index contributed by atoms with van der Waals surface area (Å²) in [7, 11) is 0. The minimum Gasteiger partial charge on any atom is -0.321 e. The lowest BCUT2D eigenvalue weighted by Gasteiger charge is -2.20.